The summed E-state index contributed by atoms with van der Waals surface area (Å²) in [5.74, 6) is 0.0387. The molecule has 24 heavy (non-hydrogen) atoms. The van der Waals surface area contributed by atoms with Crippen molar-refractivity contribution in [2.75, 3.05) is 0 Å². The summed E-state index contributed by atoms with van der Waals surface area (Å²) >= 11 is 0. The molecule has 1 amide bonds. The Morgan fingerprint density at radius 3 is 2.29 bits per heavy atom. The topological polar surface area (TPSA) is 34.0 Å². The van der Waals surface area contributed by atoms with Crippen molar-refractivity contribution in [2.45, 2.75) is 67.0 Å². The fraction of sp³-hybridized carbons (Fsp3) is 0.476. The van der Waals surface area contributed by atoms with E-state index in [-0.39, 0.29) is 11.9 Å². The van der Waals surface area contributed by atoms with Crippen LogP contribution in [0.15, 0.2) is 24.3 Å². The van der Waals surface area contributed by atoms with Crippen molar-refractivity contribution in [3.8, 4) is 0 Å². The SMILES string of the molecule is CCc1c(C)c(C(=O)N[C@H](C)CC)n(Cc2ccc(C)cc2)c1C. The Balaban J connectivity index is 2.44. The zero-order valence-corrected chi connectivity index (χ0v) is 15.9. The predicted molar refractivity (Wildman–Crippen MR) is 101 cm³/mol. The molecule has 0 aliphatic carbocycles. The summed E-state index contributed by atoms with van der Waals surface area (Å²) in [5, 5.41) is 3.13. The van der Waals surface area contributed by atoms with Gasteiger partial charge in [-0.2, -0.15) is 0 Å². The third kappa shape index (κ3) is 3.72. The molecule has 130 valence electrons. The Hall–Kier alpha value is -2.03. The second-order valence-electron chi connectivity index (χ2n) is 6.75. The molecule has 1 N–H and O–H groups in total. The monoisotopic (exact) mass is 326 g/mol. The molecule has 0 saturated heterocycles. The number of amides is 1. The van der Waals surface area contributed by atoms with Crippen LogP contribution in [0, 0.1) is 20.8 Å². The van der Waals surface area contributed by atoms with E-state index in [0.717, 1.165) is 30.6 Å². The van der Waals surface area contributed by atoms with Gasteiger partial charge in [0.2, 0.25) is 0 Å². The van der Waals surface area contributed by atoms with Gasteiger partial charge in [0.1, 0.15) is 5.69 Å². The first-order chi connectivity index (χ1) is 11.4. The van der Waals surface area contributed by atoms with Gasteiger partial charge in [-0.1, -0.05) is 43.7 Å². The third-order valence-corrected chi connectivity index (χ3v) is 4.94. The maximum Gasteiger partial charge on any atom is 0.268 e. The number of carbonyl (C=O) groups excluding carboxylic acids is 1. The minimum absolute atomic E-state index is 0.0387. The molecule has 3 nitrogen and oxygen atoms in total. The first kappa shape index (κ1) is 18.3. The van der Waals surface area contributed by atoms with Gasteiger partial charge in [-0.3, -0.25) is 4.79 Å². The minimum Gasteiger partial charge on any atom is -0.348 e. The fourth-order valence-electron chi connectivity index (χ4n) is 3.23. The number of nitrogens with zero attached hydrogens (tertiary/aromatic N) is 1. The van der Waals surface area contributed by atoms with E-state index in [1.54, 1.807) is 0 Å². The van der Waals surface area contributed by atoms with Crippen LogP contribution in [0.25, 0.3) is 0 Å². The highest BCUT2D eigenvalue weighted by molar-refractivity contribution is 5.95. The second kappa shape index (κ2) is 7.69. The molecule has 0 fully saturated rings. The van der Waals surface area contributed by atoms with Crippen LogP contribution in [0.1, 0.15) is 65.6 Å². The molecular weight excluding hydrogens is 296 g/mol. The Morgan fingerprint density at radius 2 is 1.75 bits per heavy atom. The van der Waals surface area contributed by atoms with Crippen LogP contribution in [0.3, 0.4) is 0 Å². The van der Waals surface area contributed by atoms with Gasteiger partial charge < -0.3 is 9.88 Å². The molecule has 1 heterocycles. The predicted octanol–water partition coefficient (Wildman–Crippen LogP) is 4.55. The number of aryl methyl sites for hydroxylation is 1. The first-order valence-electron chi connectivity index (χ1n) is 8.93. The van der Waals surface area contributed by atoms with Crippen LogP contribution in [-0.2, 0) is 13.0 Å². The van der Waals surface area contributed by atoms with E-state index in [1.165, 1.54) is 22.4 Å². The molecule has 0 saturated carbocycles. The van der Waals surface area contributed by atoms with E-state index in [9.17, 15) is 4.79 Å². The van der Waals surface area contributed by atoms with E-state index in [0.29, 0.717) is 0 Å². The lowest BCUT2D eigenvalue weighted by Gasteiger charge is -2.16. The van der Waals surface area contributed by atoms with Crippen molar-refractivity contribution in [1.82, 2.24) is 9.88 Å². The van der Waals surface area contributed by atoms with Crippen molar-refractivity contribution >= 4 is 5.91 Å². The highest BCUT2D eigenvalue weighted by Crippen LogP contribution is 2.24. The molecule has 0 unspecified atom stereocenters. The number of benzene rings is 1. The van der Waals surface area contributed by atoms with Gasteiger partial charge in [0.25, 0.3) is 5.91 Å². The lowest BCUT2D eigenvalue weighted by Crippen LogP contribution is -2.34. The zero-order chi connectivity index (χ0) is 17.9. The summed E-state index contributed by atoms with van der Waals surface area (Å²) in [4.78, 5) is 12.8. The van der Waals surface area contributed by atoms with Gasteiger partial charge in [0.15, 0.2) is 0 Å². The molecule has 1 aromatic heterocycles. The van der Waals surface area contributed by atoms with Crippen LogP contribution in [-0.4, -0.2) is 16.5 Å². The van der Waals surface area contributed by atoms with Gasteiger partial charge in [-0.15, -0.1) is 0 Å². The number of aromatic nitrogens is 1. The second-order valence-corrected chi connectivity index (χ2v) is 6.75. The van der Waals surface area contributed by atoms with Crippen molar-refractivity contribution in [3.63, 3.8) is 0 Å². The summed E-state index contributed by atoms with van der Waals surface area (Å²) in [6.07, 6.45) is 1.88. The molecule has 1 atom stereocenters. The Bertz CT molecular complexity index is 710. The summed E-state index contributed by atoms with van der Waals surface area (Å²) in [6, 6.07) is 8.73. The Kier molecular flexibility index (Phi) is 5.87. The van der Waals surface area contributed by atoms with E-state index in [2.05, 4.69) is 68.8 Å². The van der Waals surface area contributed by atoms with Crippen molar-refractivity contribution in [3.05, 3.63) is 57.9 Å². The van der Waals surface area contributed by atoms with Gasteiger partial charge >= 0.3 is 0 Å². The summed E-state index contributed by atoms with van der Waals surface area (Å²) < 4.78 is 2.18. The summed E-state index contributed by atoms with van der Waals surface area (Å²) in [7, 11) is 0. The molecule has 2 aromatic rings. The largest absolute Gasteiger partial charge is 0.348 e. The number of carbonyl (C=O) groups is 1. The lowest BCUT2D eigenvalue weighted by atomic mass is 10.1. The van der Waals surface area contributed by atoms with E-state index >= 15 is 0 Å². The third-order valence-electron chi connectivity index (χ3n) is 4.94. The number of hydrogen-bond donors (Lipinski definition) is 1. The molecule has 0 spiro atoms. The smallest absolute Gasteiger partial charge is 0.268 e. The molecule has 0 radical (unpaired) electrons. The summed E-state index contributed by atoms with van der Waals surface area (Å²) in [6.45, 7) is 13.3. The zero-order valence-electron chi connectivity index (χ0n) is 15.9. The maximum absolute atomic E-state index is 12.8. The number of rotatable bonds is 6. The average Bonchev–Trinajstić information content (AvgIpc) is 2.79. The van der Waals surface area contributed by atoms with Crippen LogP contribution < -0.4 is 5.32 Å². The Morgan fingerprint density at radius 1 is 1.12 bits per heavy atom. The maximum atomic E-state index is 12.8. The highest BCUT2D eigenvalue weighted by Gasteiger charge is 2.22. The van der Waals surface area contributed by atoms with Gasteiger partial charge in [-0.05, 0) is 57.2 Å². The standard InChI is InChI=1S/C21H30N2O/c1-7-15(4)22-21(24)20-16(5)19(8-2)17(6)23(20)13-18-11-9-14(3)10-12-18/h9-12,15H,7-8,13H2,1-6H3,(H,22,24)/t15-/m1/s1. The molecule has 0 aliphatic rings. The van der Waals surface area contributed by atoms with Crippen molar-refractivity contribution in [2.24, 2.45) is 0 Å². The number of hydrogen-bond acceptors (Lipinski definition) is 1. The average molecular weight is 326 g/mol. The van der Waals surface area contributed by atoms with Gasteiger partial charge in [0, 0.05) is 18.3 Å². The normalized spacial score (nSPS) is 12.2. The van der Waals surface area contributed by atoms with E-state index in [1.807, 2.05) is 6.92 Å². The molecule has 1 aromatic carbocycles. The molecule has 0 bridgehead atoms. The van der Waals surface area contributed by atoms with Gasteiger partial charge in [0.05, 0.1) is 0 Å². The van der Waals surface area contributed by atoms with E-state index in [4.69, 9.17) is 0 Å². The van der Waals surface area contributed by atoms with Crippen LogP contribution in [0.5, 0.6) is 0 Å². The van der Waals surface area contributed by atoms with Gasteiger partial charge in [-0.25, -0.2) is 0 Å². The molecule has 2 rings (SSSR count). The van der Waals surface area contributed by atoms with Crippen LogP contribution in [0.4, 0.5) is 0 Å². The lowest BCUT2D eigenvalue weighted by molar-refractivity contribution is 0.0929. The minimum atomic E-state index is 0.0387. The quantitative estimate of drug-likeness (QED) is 0.830. The fourth-order valence-corrected chi connectivity index (χ4v) is 3.23. The first-order valence-corrected chi connectivity index (χ1v) is 8.93. The van der Waals surface area contributed by atoms with Crippen molar-refractivity contribution < 1.29 is 4.79 Å². The number of nitrogens with one attached hydrogen (secondary N) is 1. The van der Waals surface area contributed by atoms with E-state index < -0.39 is 0 Å². The van der Waals surface area contributed by atoms with Crippen molar-refractivity contribution in [1.29, 1.82) is 0 Å². The van der Waals surface area contributed by atoms with Crippen LogP contribution >= 0.6 is 0 Å². The van der Waals surface area contributed by atoms with Crippen LogP contribution in [0.2, 0.25) is 0 Å². The highest BCUT2D eigenvalue weighted by atomic mass is 16.2. The molecular formula is C21H30N2O. The molecule has 3 heteroatoms. The molecule has 0 aliphatic heterocycles. The Labute approximate surface area is 146 Å². The summed E-state index contributed by atoms with van der Waals surface area (Å²) in [5.41, 5.74) is 6.89.